The van der Waals surface area contributed by atoms with E-state index in [2.05, 4.69) is 4.98 Å². The first-order valence-corrected chi connectivity index (χ1v) is 6.08. The van der Waals surface area contributed by atoms with Crippen LogP contribution in [0.25, 0.3) is 0 Å². The number of carbonyl (C=O) groups is 2. The third kappa shape index (κ3) is 4.11. The molecule has 0 aromatic carbocycles. The summed E-state index contributed by atoms with van der Waals surface area (Å²) in [6.07, 6.45) is -0.196. The number of pyridine rings is 1. The topological polar surface area (TPSA) is 111 Å². The fraction of sp³-hybridized carbons (Fsp3) is 0.462. The van der Waals surface area contributed by atoms with Gasteiger partial charge in [0.2, 0.25) is 0 Å². The number of carboxylic acid groups (broad SMARTS) is 1. The molecule has 7 heteroatoms. The molecule has 0 atom stereocenters. The van der Waals surface area contributed by atoms with Crippen molar-refractivity contribution >= 4 is 11.9 Å². The number of aliphatic carboxylic acids is 1. The predicted molar refractivity (Wildman–Crippen MR) is 71.8 cm³/mol. The number of aromatic nitrogens is 1. The summed E-state index contributed by atoms with van der Waals surface area (Å²) < 4.78 is 0. The van der Waals surface area contributed by atoms with Crippen molar-refractivity contribution < 1.29 is 19.8 Å². The summed E-state index contributed by atoms with van der Waals surface area (Å²) in [5, 5.41) is 18.1. The molecule has 0 radical (unpaired) electrons. The van der Waals surface area contributed by atoms with Gasteiger partial charge in [0, 0.05) is 24.2 Å². The van der Waals surface area contributed by atoms with Gasteiger partial charge in [-0.05, 0) is 20.8 Å². The average molecular weight is 282 g/mol. The molecule has 3 N–H and O–H groups in total. The molecule has 1 amide bonds. The molecule has 0 aliphatic carbocycles. The van der Waals surface area contributed by atoms with Crippen LogP contribution in [-0.4, -0.2) is 44.1 Å². The minimum Gasteiger partial charge on any atom is -0.494 e. The molecule has 110 valence electrons. The third-order valence-electron chi connectivity index (χ3n) is 2.68. The molecule has 0 fully saturated rings. The van der Waals surface area contributed by atoms with Gasteiger partial charge in [-0.1, -0.05) is 0 Å². The highest BCUT2D eigenvalue weighted by Crippen LogP contribution is 2.18. The molecule has 1 aromatic rings. The van der Waals surface area contributed by atoms with E-state index in [0.717, 1.165) is 12.1 Å². The van der Waals surface area contributed by atoms with Crippen molar-refractivity contribution in [1.82, 2.24) is 9.88 Å². The molecule has 1 rings (SSSR count). The standard InChI is InChI=1S/C13H18N2O5/c1-13(2,3)15(5-4-11(18)19)12(20)8-6-9(16)14-10(17)7-8/h6-7H,4-5H2,1-3H3,(H,18,19)(H2,14,16,17). The minimum atomic E-state index is -1.01. The number of aromatic amines is 1. The van der Waals surface area contributed by atoms with Gasteiger partial charge in [-0.3, -0.25) is 19.4 Å². The second-order valence-electron chi connectivity index (χ2n) is 5.39. The van der Waals surface area contributed by atoms with Crippen molar-refractivity contribution in [3.05, 3.63) is 28.0 Å². The van der Waals surface area contributed by atoms with Gasteiger partial charge in [0.25, 0.3) is 11.5 Å². The smallest absolute Gasteiger partial charge is 0.305 e. The van der Waals surface area contributed by atoms with Crippen LogP contribution in [0.5, 0.6) is 5.88 Å². The average Bonchev–Trinajstić information content (AvgIpc) is 2.25. The van der Waals surface area contributed by atoms with Crippen molar-refractivity contribution in [1.29, 1.82) is 0 Å². The molecule has 20 heavy (non-hydrogen) atoms. The Balaban J connectivity index is 3.10. The lowest BCUT2D eigenvalue weighted by molar-refractivity contribution is -0.137. The molecule has 0 aliphatic heterocycles. The lowest BCUT2D eigenvalue weighted by Crippen LogP contribution is -2.46. The number of amides is 1. The van der Waals surface area contributed by atoms with Crippen LogP contribution in [0.1, 0.15) is 37.6 Å². The van der Waals surface area contributed by atoms with E-state index in [1.54, 1.807) is 20.8 Å². The zero-order valence-corrected chi connectivity index (χ0v) is 11.6. The van der Waals surface area contributed by atoms with Gasteiger partial charge in [0.1, 0.15) is 0 Å². The minimum absolute atomic E-state index is 0.0191. The van der Waals surface area contributed by atoms with E-state index in [1.807, 2.05) is 0 Å². The molecule has 0 bridgehead atoms. The SMILES string of the molecule is CC(C)(C)N(CCC(=O)O)C(=O)c1cc(O)[nH]c(=O)c1. The number of carboxylic acids is 1. The quantitative estimate of drug-likeness (QED) is 0.756. The first-order valence-electron chi connectivity index (χ1n) is 6.08. The van der Waals surface area contributed by atoms with Crippen LogP contribution in [0.15, 0.2) is 16.9 Å². The lowest BCUT2D eigenvalue weighted by atomic mass is 10.0. The van der Waals surface area contributed by atoms with Crippen LogP contribution in [-0.2, 0) is 4.79 Å². The molecular formula is C13H18N2O5. The number of H-pyrrole nitrogens is 1. The second kappa shape index (κ2) is 5.77. The summed E-state index contributed by atoms with van der Waals surface area (Å²) in [4.78, 5) is 37.8. The third-order valence-corrected chi connectivity index (χ3v) is 2.68. The zero-order valence-electron chi connectivity index (χ0n) is 11.6. The number of hydrogen-bond acceptors (Lipinski definition) is 4. The van der Waals surface area contributed by atoms with Crippen LogP contribution in [0.4, 0.5) is 0 Å². The summed E-state index contributed by atoms with van der Waals surface area (Å²) in [7, 11) is 0. The van der Waals surface area contributed by atoms with Crippen molar-refractivity contribution in [3.8, 4) is 5.88 Å². The highest BCUT2D eigenvalue weighted by Gasteiger charge is 2.28. The molecule has 1 heterocycles. The Labute approximate surface area is 115 Å². The summed E-state index contributed by atoms with van der Waals surface area (Å²) in [5.74, 6) is -1.92. The van der Waals surface area contributed by atoms with Gasteiger partial charge in [-0.15, -0.1) is 0 Å². The van der Waals surface area contributed by atoms with Crippen molar-refractivity contribution in [2.45, 2.75) is 32.7 Å². The monoisotopic (exact) mass is 282 g/mol. The fourth-order valence-electron chi connectivity index (χ4n) is 1.76. The maximum absolute atomic E-state index is 12.4. The largest absolute Gasteiger partial charge is 0.494 e. The van der Waals surface area contributed by atoms with Crippen LogP contribution >= 0.6 is 0 Å². The maximum Gasteiger partial charge on any atom is 0.305 e. The number of nitrogens with one attached hydrogen (secondary N) is 1. The van der Waals surface area contributed by atoms with Gasteiger partial charge in [-0.2, -0.15) is 0 Å². The molecule has 1 aromatic heterocycles. The lowest BCUT2D eigenvalue weighted by Gasteiger charge is -2.35. The van der Waals surface area contributed by atoms with Crippen LogP contribution < -0.4 is 5.56 Å². The Morgan fingerprint density at radius 3 is 2.35 bits per heavy atom. The van der Waals surface area contributed by atoms with Crippen molar-refractivity contribution in [2.75, 3.05) is 6.54 Å². The summed E-state index contributed by atoms with van der Waals surface area (Å²) in [6.45, 7) is 5.31. The molecular weight excluding hydrogens is 264 g/mol. The zero-order chi connectivity index (χ0) is 15.5. The summed E-state index contributed by atoms with van der Waals surface area (Å²) in [5.41, 5.74) is -1.18. The van der Waals surface area contributed by atoms with Gasteiger partial charge < -0.3 is 15.1 Å². The molecule has 0 saturated carbocycles. The molecule has 7 nitrogen and oxygen atoms in total. The number of rotatable bonds is 4. The summed E-state index contributed by atoms with van der Waals surface area (Å²) >= 11 is 0. The Morgan fingerprint density at radius 2 is 1.90 bits per heavy atom. The summed E-state index contributed by atoms with van der Waals surface area (Å²) in [6, 6.07) is 2.21. The molecule has 0 saturated heterocycles. The van der Waals surface area contributed by atoms with E-state index < -0.39 is 28.9 Å². The van der Waals surface area contributed by atoms with E-state index in [4.69, 9.17) is 5.11 Å². The molecule has 0 aliphatic rings. The number of nitrogens with zero attached hydrogens (tertiary/aromatic N) is 1. The van der Waals surface area contributed by atoms with Gasteiger partial charge in [-0.25, -0.2) is 0 Å². The van der Waals surface area contributed by atoms with Crippen LogP contribution in [0.3, 0.4) is 0 Å². The van der Waals surface area contributed by atoms with Gasteiger partial charge in [0.05, 0.1) is 12.0 Å². The predicted octanol–water partition coefficient (Wildman–Crippen LogP) is 0.796. The Hall–Kier alpha value is -2.31. The van der Waals surface area contributed by atoms with Gasteiger partial charge in [0.15, 0.2) is 5.88 Å². The first kappa shape index (κ1) is 15.7. The number of aromatic hydroxyl groups is 1. The van der Waals surface area contributed by atoms with Crippen molar-refractivity contribution in [2.24, 2.45) is 0 Å². The number of hydrogen-bond donors (Lipinski definition) is 3. The van der Waals surface area contributed by atoms with E-state index >= 15 is 0 Å². The Bertz CT molecular complexity index is 571. The Kier molecular flexibility index (Phi) is 4.54. The van der Waals surface area contributed by atoms with E-state index in [0.29, 0.717) is 0 Å². The molecule has 0 spiro atoms. The fourth-order valence-corrected chi connectivity index (χ4v) is 1.76. The maximum atomic E-state index is 12.4. The van der Waals surface area contributed by atoms with Gasteiger partial charge >= 0.3 is 5.97 Å². The highest BCUT2D eigenvalue weighted by molar-refractivity contribution is 5.95. The highest BCUT2D eigenvalue weighted by atomic mass is 16.4. The Morgan fingerprint density at radius 1 is 1.30 bits per heavy atom. The molecule has 0 unspecified atom stereocenters. The second-order valence-corrected chi connectivity index (χ2v) is 5.39. The van der Waals surface area contributed by atoms with E-state index in [1.165, 1.54) is 4.90 Å². The first-order chi connectivity index (χ1) is 9.11. The normalized spacial score (nSPS) is 11.2. The van der Waals surface area contributed by atoms with E-state index in [9.17, 15) is 19.5 Å². The van der Waals surface area contributed by atoms with E-state index in [-0.39, 0.29) is 18.5 Å². The van der Waals surface area contributed by atoms with Crippen LogP contribution in [0, 0.1) is 0 Å². The van der Waals surface area contributed by atoms with Crippen LogP contribution in [0.2, 0.25) is 0 Å². The van der Waals surface area contributed by atoms with Crippen molar-refractivity contribution in [3.63, 3.8) is 0 Å². The number of carbonyl (C=O) groups excluding carboxylic acids is 1.